The van der Waals surface area contributed by atoms with Crippen LogP contribution >= 0.6 is 0 Å². The molecule has 23 heavy (non-hydrogen) atoms. The van der Waals surface area contributed by atoms with Crippen LogP contribution in [0.15, 0.2) is 53.7 Å². The van der Waals surface area contributed by atoms with Gasteiger partial charge in [-0.2, -0.15) is 13.2 Å². The molecular weight excluding hydrogens is 317 g/mol. The third-order valence-corrected chi connectivity index (χ3v) is 2.97. The second-order valence-electron chi connectivity index (χ2n) is 4.52. The Morgan fingerprint density at radius 3 is 2.35 bits per heavy atom. The van der Waals surface area contributed by atoms with Gasteiger partial charge in [-0.15, -0.1) is 0 Å². The minimum Gasteiger partial charge on any atom is -0.390 e. The Labute approximate surface area is 129 Å². The first-order chi connectivity index (χ1) is 10.9. The molecule has 0 unspecified atom stereocenters. The number of halogens is 5. The van der Waals surface area contributed by atoms with Crippen molar-refractivity contribution < 1.29 is 26.8 Å². The maximum Gasteiger partial charge on any atom is 0.416 e. The van der Waals surface area contributed by atoms with Crippen LogP contribution in [0.1, 0.15) is 28.7 Å². The Balaban J connectivity index is 2.07. The van der Waals surface area contributed by atoms with Crippen molar-refractivity contribution in [2.75, 3.05) is 0 Å². The van der Waals surface area contributed by atoms with Crippen molar-refractivity contribution in [1.82, 2.24) is 0 Å². The smallest absolute Gasteiger partial charge is 0.390 e. The van der Waals surface area contributed by atoms with Crippen LogP contribution in [-0.4, -0.2) is 6.21 Å². The number of nitrogens with zero attached hydrogens (tertiary/aromatic N) is 1. The van der Waals surface area contributed by atoms with Gasteiger partial charge in [0.05, 0.1) is 5.56 Å². The lowest BCUT2D eigenvalue weighted by molar-refractivity contribution is -0.138. The second-order valence-corrected chi connectivity index (χ2v) is 4.52. The molecule has 0 saturated heterocycles. The molecule has 0 heterocycles. The Morgan fingerprint density at radius 2 is 1.65 bits per heavy atom. The van der Waals surface area contributed by atoms with Gasteiger partial charge < -0.3 is 4.84 Å². The molecular formula is C16H11F5NO. The fourth-order valence-electron chi connectivity index (χ4n) is 1.90. The molecule has 0 spiro atoms. The van der Waals surface area contributed by atoms with Crippen LogP contribution < -0.4 is 0 Å². The number of hydrogen-bond acceptors (Lipinski definition) is 2. The SMILES string of the molecule is FC(F)c1ccccc1/[C]=N\OCc1ccccc1C(F)(F)F. The van der Waals surface area contributed by atoms with Crippen LogP contribution in [0.5, 0.6) is 0 Å². The molecule has 2 rings (SSSR count). The molecule has 0 aliphatic carbocycles. The third-order valence-electron chi connectivity index (χ3n) is 2.97. The van der Waals surface area contributed by atoms with E-state index in [0.29, 0.717) is 0 Å². The molecule has 0 aliphatic rings. The predicted octanol–water partition coefficient (Wildman–Crippen LogP) is 5.07. The van der Waals surface area contributed by atoms with Crippen molar-refractivity contribution in [1.29, 1.82) is 0 Å². The Kier molecular flexibility index (Phi) is 5.31. The van der Waals surface area contributed by atoms with Gasteiger partial charge in [0.1, 0.15) is 12.8 Å². The quantitative estimate of drug-likeness (QED) is 0.426. The molecule has 0 aliphatic heterocycles. The van der Waals surface area contributed by atoms with Gasteiger partial charge in [0.2, 0.25) is 0 Å². The molecule has 0 aromatic heterocycles. The summed E-state index contributed by atoms with van der Waals surface area (Å²) in [6.07, 6.45) is -4.95. The highest BCUT2D eigenvalue weighted by Crippen LogP contribution is 2.32. The summed E-state index contributed by atoms with van der Waals surface area (Å²) < 4.78 is 63.8. The highest BCUT2D eigenvalue weighted by Gasteiger charge is 2.32. The zero-order valence-corrected chi connectivity index (χ0v) is 11.6. The molecule has 7 heteroatoms. The molecule has 121 valence electrons. The van der Waals surface area contributed by atoms with Crippen LogP contribution in [0.2, 0.25) is 0 Å². The first kappa shape index (κ1) is 16.9. The monoisotopic (exact) mass is 328 g/mol. The van der Waals surface area contributed by atoms with E-state index in [1.165, 1.54) is 42.5 Å². The summed E-state index contributed by atoms with van der Waals surface area (Å²) >= 11 is 0. The van der Waals surface area contributed by atoms with Crippen molar-refractivity contribution in [2.45, 2.75) is 19.2 Å². The zero-order chi connectivity index (χ0) is 16.9. The average molecular weight is 328 g/mol. The van der Waals surface area contributed by atoms with E-state index in [1.54, 1.807) is 0 Å². The van der Waals surface area contributed by atoms with E-state index < -0.39 is 24.8 Å². The summed E-state index contributed by atoms with van der Waals surface area (Å²) in [5.74, 6) is 0. The maximum absolute atomic E-state index is 12.8. The fraction of sp³-hybridized carbons (Fsp3) is 0.188. The van der Waals surface area contributed by atoms with Gasteiger partial charge in [-0.05, 0) is 6.07 Å². The minimum atomic E-state index is -4.50. The fourth-order valence-corrected chi connectivity index (χ4v) is 1.90. The van der Waals surface area contributed by atoms with Crippen molar-refractivity contribution in [3.8, 4) is 0 Å². The van der Waals surface area contributed by atoms with Crippen molar-refractivity contribution >= 4 is 6.21 Å². The van der Waals surface area contributed by atoms with Gasteiger partial charge in [0, 0.05) is 16.7 Å². The lowest BCUT2D eigenvalue weighted by Crippen LogP contribution is -2.09. The third kappa shape index (κ3) is 4.51. The molecule has 0 saturated carbocycles. The number of benzene rings is 2. The predicted molar refractivity (Wildman–Crippen MR) is 74.2 cm³/mol. The highest BCUT2D eigenvalue weighted by atomic mass is 19.4. The zero-order valence-electron chi connectivity index (χ0n) is 11.6. The van der Waals surface area contributed by atoms with Crippen molar-refractivity contribution in [3.63, 3.8) is 0 Å². The summed E-state index contributed by atoms with van der Waals surface area (Å²) in [5.41, 5.74) is -1.20. The van der Waals surface area contributed by atoms with E-state index in [9.17, 15) is 22.0 Å². The van der Waals surface area contributed by atoms with E-state index >= 15 is 0 Å². The average Bonchev–Trinajstić information content (AvgIpc) is 2.51. The summed E-state index contributed by atoms with van der Waals surface area (Å²) in [5, 5.41) is 3.35. The van der Waals surface area contributed by atoms with E-state index in [0.717, 1.165) is 6.07 Å². The van der Waals surface area contributed by atoms with Gasteiger partial charge in [-0.25, -0.2) is 8.78 Å². The first-order valence-electron chi connectivity index (χ1n) is 6.50. The summed E-state index contributed by atoms with van der Waals surface area (Å²) in [6, 6.07) is 10.4. The summed E-state index contributed by atoms with van der Waals surface area (Å²) in [7, 11) is 0. The summed E-state index contributed by atoms with van der Waals surface area (Å²) in [6.45, 7) is -0.445. The molecule has 2 aromatic rings. The van der Waals surface area contributed by atoms with Crippen LogP contribution in [0.25, 0.3) is 0 Å². The van der Waals surface area contributed by atoms with E-state index in [-0.39, 0.29) is 16.7 Å². The van der Waals surface area contributed by atoms with E-state index in [2.05, 4.69) is 11.4 Å². The van der Waals surface area contributed by atoms with Crippen LogP contribution in [0.3, 0.4) is 0 Å². The second kappa shape index (κ2) is 7.21. The van der Waals surface area contributed by atoms with Crippen molar-refractivity contribution in [3.05, 3.63) is 70.8 Å². The first-order valence-corrected chi connectivity index (χ1v) is 6.50. The molecule has 0 bridgehead atoms. The molecule has 0 fully saturated rings. The van der Waals surface area contributed by atoms with Crippen LogP contribution in [-0.2, 0) is 17.6 Å². The molecule has 0 atom stereocenters. The van der Waals surface area contributed by atoms with Crippen LogP contribution in [0.4, 0.5) is 22.0 Å². The summed E-state index contributed by atoms with van der Waals surface area (Å²) in [4.78, 5) is 4.76. The number of hydrogen-bond donors (Lipinski definition) is 0. The van der Waals surface area contributed by atoms with Crippen molar-refractivity contribution in [2.24, 2.45) is 5.16 Å². The van der Waals surface area contributed by atoms with E-state index in [4.69, 9.17) is 4.84 Å². The Bertz CT molecular complexity index is 682. The Morgan fingerprint density at radius 1 is 1.00 bits per heavy atom. The highest BCUT2D eigenvalue weighted by molar-refractivity contribution is 5.81. The van der Waals surface area contributed by atoms with Gasteiger partial charge in [-0.3, -0.25) is 0 Å². The minimum absolute atomic E-state index is 0.0200. The molecule has 0 amide bonds. The number of alkyl halides is 5. The topological polar surface area (TPSA) is 21.6 Å². The standard InChI is InChI=1S/C16H11F5NO/c17-15(18)13-7-3-1-5-11(13)9-22-23-10-12-6-2-4-8-14(12)16(19,20)21/h1-8,15H,10H2. The van der Waals surface area contributed by atoms with E-state index in [1.807, 2.05) is 0 Å². The van der Waals surface area contributed by atoms with Gasteiger partial charge in [-0.1, -0.05) is 47.6 Å². The lowest BCUT2D eigenvalue weighted by atomic mass is 10.1. The lowest BCUT2D eigenvalue weighted by Gasteiger charge is -2.11. The Hall–Kier alpha value is -2.44. The number of rotatable bonds is 5. The van der Waals surface area contributed by atoms with Gasteiger partial charge in [0.15, 0.2) is 0 Å². The van der Waals surface area contributed by atoms with Gasteiger partial charge >= 0.3 is 6.18 Å². The molecule has 2 nitrogen and oxygen atoms in total. The molecule has 2 aromatic carbocycles. The normalized spacial score (nSPS) is 12.1. The maximum atomic E-state index is 12.8. The van der Waals surface area contributed by atoms with Gasteiger partial charge in [0.25, 0.3) is 6.43 Å². The molecule has 0 N–H and O–H groups in total. The largest absolute Gasteiger partial charge is 0.416 e. The molecule has 1 radical (unpaired) electrons. The van der Waals surface area contributed by atoms with Crippen LogP contribution in [0, 0.1) is 0 Å².